The van der Waals surface area contributed by atoms with Crippen LogP contribution in [-0.2, 0) is 13.5 Å². The first-order chi connectivity index (χ1) is 8.17. The minimum atomic E-state index is 0.673. The lowest BCUT2D eigenvalue weighted by molar-refractivity contribution is 0.775. The molecule has 1 aromatic heterocycles. The van der Waals surface area contributed by atoms with Gasteiger partial charge in [0.2, 0.25) is 0 Å². The second-order valence-corrected chi connectivity index (χ2v) is 4.66. The highest BCUT2D eigenvalue weighted by molar-refractivity contribution is 9.10. The van der Waals surface area contributed by atoms with E-state index in [1.54, 1.807) is 10.9 Å². The van der Waals surface area contributed by atoms with Crippen LogP contribution in [0.25, 0.3) is 11.3 Å². The molecule has 2 rings (SSSR count). The molecule has 0 spiro atoms. The highest BCUT2D eigenvalue weighted by Crippen LogP contribution is 2.30. The Hall–Kier alpha value is -1.60. The molecule has 0 fully saturated rings. The Morgan fingerprint density at radius 1 is 1.47 bits per heavy atom. The maximum atomic E-state index is 9.17. The van der Waals surface area contributed by atoms with E-state index in [0.29, 0.717) is 5.56 Å². The third kappa shape index (κ3) is 2.11. The largest absolute Gasteiger partial charge is 0.267 e. The van der Waals surface area contributed by atoms with E-state index in [4.69, 9.17) is 5.26 Å². The molecule has 3 nitrogen and oxygen atoms in total. The van der Waals surface area contributed by atoms with E-state index in [1.807, 2.05) is 19.2 Å². The Morgan fingerprint density at radius 3 is 2.76 bits per heavy atom. The molecular weight excluding hydrogens is 278 g/mol. The summed E-state index contributed by atoms with van der Waals surface area (Å²) in [4.78, 5) is 0. The Labute approximate surface area is 109 Å². The average Bonchev–Trinajstić information content (AvgIpc) is 2.68. The van der Waals surface area contributed by atoms with E-state index in [1.165, 1.54) is 5.56 Å². The standard InChI is InChI=1S/C13H12BrN3/c1-3-9-4-5-10(7-15)11(6-9)13-12(14)8-16-17(13)2/h4-6,8H,3H2,1-2H3. The van der Waals surface area contributed by atoms with Crippen LogP contribution >= 0.6 is 15.9 Å². The van der Waals surface area contributed by atoms with E-state index >= 15 is 0 Å². The average molecular weight is 290 g/mol. The molecule has 0 unspecified atom stereocenters. The third-order valence-corrected chi connectivity index (χ3v) is 3.34. The maximum Gasteiger partial charge on any atom is 0.0998 e. The monoisotopic (exact) mass is 289 g/mol. The highest BCUT2D eigenvalue weighted by Gasteiger charge is 2.13. The summed E-state index contributed by atoms with van der Waals surface area (Å²) in [5, 5.41) is 13.4. The lowest BCUT2D eigenvalue weighted by atomic mass is 10.0. The highest BCUT2D eigenvalue weighted by atomic mass is 79.9. The van der Waals surface area contributed by atoms with Crippen LogP contribution in [0.15, 0.2) is 28.9 Å². The molecule has 86 valence electrons. The topological polar surface area (TPSA) is 41.6 Å². The molecule has 0 amide bonds. The minimum Gasteiger partial charge on any atom is -0.267 e. The van der Waals surface area contributed by atoms with E-state index < -0.39 is 0 Å². The van der Waals surface area contributed by atoms with Crippen LogP contribution < -0.4 is 0 Å². The van der Waals surface area contributed by atoms with Crippen LogP contribution in [0.2, 0.25) is 0 Å². The van der Waals surface area contributed by atoms with Gasteiger partial charge in [0.15, 0.2) is 0 Å². The predicted octanol–water partition coefficient (Wildman–Crippen LogP) is 3.28. The van der Waals surface area contributed by atoms with Crippen molar-refractivity contribution in [2.45, 2.75) is 13.3 Å². The number of aryl methyl sites for hydroxylation is 2. The van der Waals surface area contributed by atoms with Crippen molar-refractivity contribution in [1.29, 1.82) is 5.26 Å². The van der Waals surface area contributed by atoms with Crippen LogP contribution in [-0.4, -0.2) is 9.78 Å². The smallest absolute Gasteiger partial charge is 0.0998 e. The second kappa shape index (κ2) is 4.72. The van der Waals surface area contributed by atoms with E-state index in [0.717, 1.165) is 22.2 Å². The molecule has 0 saturated heterocycles. The summed E-state index contributed by atoms with van der Waals surface area (Å²) >= 11 is 3.47. The number of hydrogen-bond acceptors (Lipinski definition) is 2. The third-order valence-electron chi connectivity index (χ3n) is 2.76. The number of nitriles is 1. The van der Waals surface area contributed by atoms with Crippen LogP contribution in [0.1, 0.15) is 18.1 Å². The molecule has 0 radical (unpaired) electrons. The Morgan fingerprint density at radius 2 is 2.24 bits per heavy atom. The van der Waals surface area contributed by atoms with Crippen molar-refractivity contribution in [3.63, 3.8) is 0 Å². The minimum absolute atomic E-state index is 0.673. The molecule has 0 aliphatic rings. The normalized spacial score (nSPS) is 10.2. The Balaban J connectivity index is 2.69. The molecule has 0 saturated carbocycles. The van der Waals surface area contributed by atoms with E-state index in [2.05, 4.69) is 40.1 Å². The van der Waals surface area contributed by atoms with Gasteiger partial charge in [-0.1, -0.05) is 13.0 Å². The summed E-state index contributed by atoms with van der Waals surface area (Å²) < 4.78 is 2.68. The molecule has 1 aromatic carbocycles. The zero-order valence-corrected chi connectivity index (χ0v) is 11.3. The summed E-state index contributed by atoms with van der Waals surface area (Å²) in [7, 11) is 1.87. The zero-order valence-electron chi connectivity index (χ0n) is 9.74. The zero-order chi connectivity index (χ0) is 12.4. The van der Waals surface area contributed by atoms with Gasteiger partial charge in [0, 0.05) is 12.6 Å². The second-order valence-electron chi connectivity index (χ2n) is 3.81. The first-order valence-corrected chi connectivity index (χ1v) is 6.17. The first-order valence-electron chi connectivity index (χ1n) is 5.38. The summed E-state index contributed by atoms with van der Waals surface area (Å²) in [6.07, 6.45) is 2.70. The molecule has 0 N–H and O–H groups in total. The Kier molecular flexibility index (Phi) is 3.30. The molecule has 0 aliphatic heterocycles. The van der Waals surface area contributed by atoms with Gasteiger partial charge in [0.25, 0.3) is 0 Å². The quantitative estimate of drug-likeness (QED) is 0.851. The van der Waals surface area contributed by atoms with Gasteiger partial charge in [-0.2, -0.15) is 10.4 Å². The SMILES string of the molecule is CCc1ccc(C#N)c(-c2c(Br)cnn2C)c1. The van der Waals surface area contributed by atoms with Gasteiger partial charge in [-0.25, -0.2) is 0 Å². The van der Waals surface area contributed by atoms with Gasteiger partial charge < -0.3 is 0 Å². The molecule has 0 bridgehead atoms. The molecule has 0 atom stereocenters. The van der Waals surface area contributed by atoms with Crippen molar-refractivity contribution in [3.8, 4) is 17.3 Å². The first kappa shape index (κ1) is 11.9. The summed E-state index contributed by atoms with van der Waals surface area (Å²) in [5.74, 6) is 0. The molecule has 0 aliphatic carbocycles. The molecule has 2 aromatic rings. The van der Waals surface area contributed by atoms with Crippen molar-refractivity contribution in [2.75, 3.05) is 0 Å². The van der Waals surface area contributed by atoms with Gasteiger partial charge >= 0.3 is 0 Å². The van der Waals surface area contributed by atoms with E-state index in [9.17, 15) is 0 Å². The number of halogens is 1. The Bertz CT molecular complexity index is 574. The maximum absolute atomic E-state index is 9.17. The molecule has 17 heavy (non-hydrogen) atoms. The number of hydrogen-bond donors (Lipinski definition) is 0. The van der Waals surface area contributed by atoms with Crippen molar-refractivity contribution < 1.29 is 0 Å². The van der Waals surface area contributed by atoms with E-state index in [-0.39, 0.29) is 0 Å². The van der Waals surface area contributed by atoms with Gasteiger partial charge in [-0.3, -0.25) is 4.68 Å². The van der Waals surface area contributed by atoms with Crippen LogP contribution in [0.5, 0.6) is 0 Å². The summed E-state index contributed by atoms with van der Waals surface area (Å²) in [6.45, 7) is 2.10. The predicted molar refractivity (Wildman–Crippen MR) is 70.4 cm³/mol. The van der Waals surface area contributed by atoms with Crippen LogP contribution in [0, 0.1) is 11.3 Å². The fraction of sp³-hybridized carbons (Fsp3) is 0.231. The lowest BCUT2D eigenvalue weighted by Gasteiger charge is -2.07. The van der Waals surface area contributed by atoms with Gasteiger partial charge in [-0.05, 0) is 40.0 Å². The summed E-state index contributed by atoms with van der Waals surface area (Å²) in [6, 6.07) is 8.14. The van der Waals surface area contributed by atoms with Gasteiger partial charge in [0.1, 0.15) is 0 Å². The fourth-order valence-corrected chi connectivity index (χ4v) is 2.38. The van der Waals surface area contributed by atoms with Crippen molar-refractivity contribution >= 4 is 15.9 Å². The summed E-state index contributed by atoms with van der Waals surface area (Å²) in [5.41, 5.74) is 3.76. The van der Waals surface area contributed by atoms with Crippen LogP contribution in [0.4, 0.5) is 0 Å². The van der Waals surface area contributed by atoms with Gasteiger partial charge in [-0.15, -0.1) is 0 Å². The number of nitrogens with zero attached hydrogens (tertiary/aromatic N) is 3. The fourth-order valence-electron chi connectivity index (χ4n) is 1.82. The molecular formula is C13H12BrN3. The van der Waals surface area contributed by atoms with Crippen molar-refractivity contribution in [1.82, 2.24) is 9.78 Å². The number of benzene rings is 1. The lowest BCUT2D eigenvalue weighted by Crippen LogP contribution is -1.97. The van der Waals surface area contributed by atoms with Gasteiger partial charge in [0.05, 0.1) is 28.0 Å². The molecule has 1 heterocycles. The molecule has 4 heteroatoms. The number of rotatable bonds is 2. The van der Waals surface area contributed by atoms with Crippen molar-refractivity contribution in [3.05, 3.63) is 40.0 Å². The van der Waals surface area contributed by atoms with Crippen molar-refractivity contribution in [2.24, 2.45) is 7.05 Å². The van der Waals surface area contributed by atoms with Crippen LogP contribution in [0.3, 0.4) is 0 Å². The number of aromatic nitrogens is 2.